The number of carboxylic acids is 2. The molecule has 0 radical (unpaired) electrons. The minimum absolute atomic E-state index is 0.0554. The monoisotopic (exact) mass is 525 g/mol. The molecule has 1 amide bonds. The van der Waals surface area contributed by atoms with Crippen LogP contribution in [0.2, 0.25) is 0 Å². The maximum atomic E-state index is 12.6. The molecule has 0 aliphatic rings. The number of ketones is 1. The number of amides is 1. The van der Waals surface area contributed by atoms with Gasteiger partial charge in [0.05, 0.1) is 12.2 Å². The van der Waals surface area contributed by atoms with E-state index in [9.17, 15) is 29.4 Å². The van der Waals surface area contributed by atoms with Gasteiger partial charge in [0, 0.05) is 44.3 Å². The largest absolute Gasteiger partial charge is 0.481 e. The van der Waals surface area contributed by atoms with Crippen LogP contribution in [0.5, 0.6) is 0 Å². The third kappa shape index (κ3) is 15.1. The summed E-state index contributed by atoms with van der Waals surface area (Å²) in [5.74, 6) is -4.34. The van der Waals surface area contributed by atoms with E-state index < -0.39 is 53.9 Å². The zero-order valence-corrected chi connectivity index (χ0v) is 22.2. The summed E-state index contributed by atoms with van der Waals surface area (Å²) in [5.41, 5.74) is 5.70. The first-order valence-electron chi connectivity index (χ1n) is 12.5. The smallest absolute Gasteiger partial charge is 0.327 e. The van der Waals surface area contributed by atoms with Crippen LogP contribution in [0.25, 0.3) is 0 Å². The number of rotatable bonds is 20. The summed E-state index contributed by atoms with van der Waals surface area (Å²) in [6.45, 7) is 5.06. The second kappa shape index (κ2) is 18.4. The van der Waals surface area contributed by atoms with Crippen molar-refractivity contribution in [3.8, 4) is 0 Å². The highest BCUT2D eigenvalue weighted by atomic mass is 16.5. The van der Waals surface area contributed by atoms with Crippen LogP contribution in [0, 0.1) is 17.8 Å². The van der Waals surface area contributed by atoms with E-state index in [1.165, 1.54) is 7.11 Å². The normalized spacial score (nSPS) is 17.3. The number of hydrogen-bond acceptors (Lipinski definition) is 7. The fraction of sp³-hybridized carbons (Fsp3) is 0.630. The van der Waals surface area contributed by atoms with E-state index in [1.54, 1.807) is 45.1 Å². The Bertz CT molecular complexity index is 818. The topological polar surface area (TPSA) is 184 Å². The summed E-state index contributed by atoms with van der Waals surface area (Å²) in [6.07, 6.45) is 6.98. The fourth-order valence-electron chi connectivity index (χ4n) is 4.02. The highest BCUT2D eigenvalue weighted by molar-refractivity contribution is 5.81. The number of carbonyl (C=O) groups excluding carboxylic acids is 2. The van der Waals surface area contributed by atoms with Crippen LogP contribution in [0.4, 0.5) is 0 Å². The van der Waals surface area contributed by atoms with Gasteiger partial charge in [0.1, 0.15) is 11.9 Å². The number of methoxy groups -OCH3 is 1. The molecule has 0 rings (SSSR count). The molecule has 0 aromatic rings. The molecule has 0 aliphatic carbocycles. The fourth-order valence-corrected chi connectivity index (χ4v) is 4.02. The molecule has 0 aromatic carbocycles. The zero-order valence-electron chi connectivity index (χ0n) is 22.2. The van der Waals surface area contributed by atoms with Crippen molar-refractivity contribution < 1.29 is 44.3 Å². The Kier molecular flexibility index (Phi) is 17.0. The molecule has 0 spiro atoms. The first-order chi connectivity index (χ1) is 17.3. The lowest BCUT2D eigenvalue weighted by Crippen LogP contribution is -2.32. The predicted molar refractivity (Wildman–Crippen MR) is 138 cm³/mol. The zero-order chi connectivity index (χ0) is 28.5. The average Bonchev–Trinajstić information content (AvgIpc) is 2.80. The number of aliphatic hydroxyl groups excluding tert-OH is 2. The second-order valence-electron chi connectivity index (χ2n) is 9.43. The first-order valence-corrected chi connectivity index (χ1v) is 12.5. The number of hydrogen-bond donors (Lipinski definition) is 5. The van der Waals surface area contributed by atoms with Crippen molar-refractivity contribution in [2.75, 3.05) is 7.11 Å². The molecule has 6 N–H and O–H groups in total. The van der Waals surface area contributed by atoms with Crippen LogP contribution in [0.3, 0.4) is 0 Å². The van der Waals surface area contributed by atoms with E-state index in [1.807, 2.05) is 0 Å². The molecular weight excluding hydrogens is 482 g/mol. The molecule has 0 saturated carbocycles. The SMILES string of the molecule is CO[C@@H](/C=C/CC/C=C/C(=O)O)[C@@H](O)[C@@H](C)/C=C(\C)[C@@H](O)[C@@H](C)C(=O)CCC[C@@H](CC(N)=O)CC(=O)O. The van der Waals surface area contributed by atoms with Gasteiger partial charge in [-0.2, -0.15) is 0 Å². The van der Waals surface area contributed by atoms with Crippen molar-refractivity contribution in [3.63, 3.8) is 0 Å². The van der Waals surface area contributed by atoms with Crippen LogP contribution < -0.4 is 5.73 Å². The highest BCUT2D eigenvalue weighted by Crippen LogP contribution is 2.22. The van der Waals surface area contributed by atoms with Crippen molar-refractivity contribution in [1.29, 1.82) is 0 Å². The van der Waals surface area contributed by atoms with Crippen LogP contribution in [0.15, 0.2) is 36.0 Å². The number of aliphatic carboxylic acids is 2. The number of carboxylic acid groups (broad SMARTS) is 2. The van der Waals surface area contributed by atoms with Crippen molar-refractivity contribution in [2.24, 2.45) is 23.5 Å². The van der Waals surface area contributed by atoms with Gasteiger partial charge in [-0.15, -0.1) is 0 Å². The summed E-state index contributed by atoms with van der Waals surface area (Å²) in [7, 11) is 1.46. The molecule has 0 fully saturated rings. The third-order valence-electron chi connectivity index (χ3n) is 6.20. The molecule has 0 saturated heterocycles. The van der Waals surface area contributed by atoms with Gasteiger partial charge in [-0.1, -0.05) is 38.2 Å². The highest BCUT2D eigenvalue weighted by Gasteiger charge is 2.26. The van der Waals surface area contributed by atoms with Gasteiger partial charge in [0.15, 0.2) is 0 Å². The van der Waals surface area contributed by atoms with Crippen molar-refractivity contribution in [3.05, 3.63) is 36.0 Å². The van der Waals surface area contributed by atoms with Crippen LogP contribution in [-0.2, 0) is 23.9 Å². The maximum absolute atomic E-state index is 12.6. The Morgan fingerprint density at radius 1 is 1.00 bits per heavy atom. The molecule has 37 heavy (non-hydrogen) atoms. The number of ether oxygens (including phenoxy) is 1. The third-order valence-corrected chi connectivity index (χ3v) is 6.20. The molecule has 0 heterocycles. The Morgan fingerprint density at radius 2 is 1.62 bits per heavy atom. The number of unbranched alkanes of at least 4 members (excludes halogenated alkanes) is 1. The number of Topliss-reactive ketones (excluding diaryl/α,β-unsaturated/α-hetero) is 1. The summed E-state index contributed by atoms with van der Waals surface area (Å²) in [6, 6.07) is 0. The lowest BCUT2D eigenvalue weighted by molar-refractivity contribution is -0.138. The number of aliphatic hydroxyl groups is 2. The van der Waals surface area contributed by atoms with E-state index in [4.69, 9.17) is 20.7 Å². The summed E-state index contributed by atoms with van der Waals surface area (Å²) >= 11 is 0. The molecule has 0 unspecified atom stereocenters. The van der Waals surface area contributed by atoms with Gasteiger partial charge in [-0.3, -0.25) is 14.4 Å². The van der Waals surface area contributed by atoms with Gasteiger partial charge in [-0.25, -0.2) is 4.79 Å². The van der Waals surface area contributed by atoms with Gasteiger partial charge in [0.25, 0.3) is 0 Å². The summed E-state index contributed by atoms with van der Waals surface area (Å²) in [4.78, 5) is 45.2. The maximum Gasteiger partial charge on any atom is 0.327 e. The molecule has 10 heteroatoms. The van der Waals surface area contributed by atoms with E-state index >= 15 is 0 Å². The molecule has 0 aliphatic heterocycles. The molecule has 10 nitrogen and oxygen atoms in total. The molecule has 0 bridgehead atoms. The minimum Gasteiger partial charge on any atom is -0.481 e. The van der Waals surface area contributed by atoms with Crippen molar-refractivity contribution in [1.82, 2.24) is 0 Å². The molecule has 0 aromatic heterocycles. The lowest BCUT2D eigenvalue weighted by Gasteiger charge is -2.25. The number of nitrogens with two attached hydrogens (primary N) is 1. The van der Waals surface area contributed by atoms with Crippen LogP contribution in [0.1, 0.15) is 65.7 Å². The molecule has 6 atom stereocenters. The Labute approximate surface area is 218 Å². The Morgan fingerprint density at radius 3 is 2.16 bits per heavy atom. The molecule has 210 valence electrons. The first kappa shape index (κ1) is 34.2. The van der Waals surface area contributed by atoms with E-state index in [2.05, 4.69) is 0 Å². The van der Waals surface area contributed by atoms with Gasteiger partial charge in [-0.05, 0) is 44.1 Å². The quantitative estimate of drug-likeness (QED) is 0.0905. The van der Waals surface area contributed by atoms with Crippen LogP contribution in [-0.4, -0.2) is 69.5 Å². The van der Waals surface area contributed by atoms with Gasteiger partial charge >= 0.3 is 11.9 Å². The lowest BCUT2D eigenvalue weighted by atomic mass is 9.87. The standard InChI is InChI=1S/C27H43NO9/c1-17(14-18(2)27(36)22(37-4)12-7-5-6-8-13-24(31)32)26(35)19(3)21(29)11-9-10-20(15-23(28)30)16-25(33)34/h7-8,12-14,18-20,22,26-27,35-36H,5-6,9-11,15-16H2,1-4H3,(H2,28,30)(H,31,32)(H,33,34)/b12-7+,13-8+,17-14+/t18-,19-,20-,22-,26+,27-/m0/s1. The van der Waals surface area contributed by atoms with Crippen molar-refractivity contribution in [2.45, 2.75) is 84.0 Å². The Balaban J connectivity index is 4.92. The number of allylic oxidation sites excluding steroid dienone is 2. The van der Waals surface area contributed by atoms with E-state index in [-0.39, 0.29) is 25.0 Å². The van der Waals surface area contributed by atoms with E-state index in [0.717, 1.165) is 6.08 Å². The Hall–Kier alpha value is -2.82. The van der Waals surface area contributed by atoms with Gasteiger partial charge < -0.3 is 30.9 Å². The number of carbonyl (C=O) groups is 4. The summed E-state index contributed by atoms with van der Waals surface area (Å²) < 4.78 is 5.36. The predicted octanol–water partition coefficient (Wildman–Crippen LogP) is 2.62. The van der Waals surface area contributed by atoms with Crippen LogP contribution >= 0.6 is 0 Å². The minimum atomic E-state index is -1.06. The van der Waals surface area contributed by atoms with E-state index in [0.29, 0.717) is 31.3 Å². The number of primary amides is 1. The second-order valence-corrected chi connectivity index (χ2v) is 9.43. The summed E-state index contributed by atoms with van der Waals surface area (Å²) in [5, 5.41) is 38.9. The average molecular weight is 526 g/mol. The molecular formula is C27H43NO9. The van der Waals surface area contributed by atoms with Crippen molar-refractivity contribution >= 4 is 23.6 Å². The van der Waals surface area contributed by atoms with Gasteiger partial charge in [0.2, 0.25) is 5.91 Å².